The summed E-state index contributed by atoms with van der Waals surface area (Å²) in [7, 11) is 1.43. The van der Waals surface area contributed by atoms with Crippen molar-refractivity contribution in [3.63, 3.8) is 0 Å². The molecule has 4 aromatic carbocycles. The van der Waals surface area contributed by atoms with Crippen LogP contribution in [0.1, 0.15) is 35.3 Å². The lowest BCUT2D eigenvalue weighted by Crippen LogP contribution is -2.37. The Kier molecular flexibility index (Phi) is 7.99. The first-order valence-corrected chi connectivity index (χ1v) is 14.2. The van der Waals surface area contributed by atoms with Gasteiger partial charge in [-0.15, -0.1) is 0 Å². The molecule has 2 heterocycles. The number of imide groups is 1. The zero-order valence-electron chi connectivity index (χ0n) is 24.0. The minimum absolute atomic E-state index is 0.133. The quantitative estimate of drug-likeness (QED) is 0.134. The molecule has 0 unspecified atom stereocenters. The molecule has 10 heteroatoms. The number of carbonyl (C=O) groups excluding carboxylic acids is 3. The van der Waals surface area contributed by atoms with E-state index < -0.39 is 41.7 Å². The Bertz CT molecular complexity index is 1680. The third kappa shape index (κ3) is 5.35. The molecule has 6 rings (SSSR count). The second-order valence-corrected chi connectivity index (χ2v) is 10.3. The van der Waals surface area contributed by atoms with Crippen LogP contribution in [0, 0.1) is 11.7 Å². The third-order valence-electron chi connectivity index (χ3n) is 7.51. The molecule has 0 aliphatic carbocycles. The Balaban J connectivity index is 1.33. The Morgan fingerprint density at radius 1 is 0.864 bits per heavy atom. The van der Waals surface area contributed by atoms with Gasteiger partial charge in [0.1, 0.15) is 17.5 Å². The molecule has 0 aromatic heterocycles. The van der Waals surface area contributed by atoms with Crippen LogP contribution >= 0.6 is 0 Å². The van der Waals surface area contributed by atoms with Crippen molar-refractivity contribution in [2.75, 3.05) is 23.7 Å². The first-order chi connectivity index (χ1) is 21.4. The van der Waals surface area contributed by atoms with Crippen molar-refractivity contribution in [2.45, 2.75) is 25.5 Å². The van der Waals surface area contributed by atoms with Gasteiger partial charge in [0.05, 0.1) is 36.7 Å². The Hall–Kier alpha value is -5.22. The summed E-state index contributed by atoms with van der Waals surface area (Å²) in [5, 5.41) is 1.57. The second-order valence-electron chi connectivity index (χ2n) is 10.3. The zero-order chi connectivity index (χ0) is 30.8. The van der Waals surface area contributed by atoms with Gasteiger partial charge >= 0.3 is 5.97 Å². The van der Waals surface area contributed by atoms with E-state index in [1.807, 2.05) is 37.3 Å². The largest absolute Gasteiger partial charge is 0.494 e. The molecule has 2 saturated heterocycles. The fourth-order valence-corrected chi connectivity index (χ4v) is 5.42. The molecule has 2 aliphatic heterocycles. The van der Waals surface area contributed by atoms with Crippen LogP contribution in [0.25, 0.3) is 0 Å². The number of nitrogens with zero attached hydrogens (tertiary/aromatic N) is 2. The van der Waals surface area contributed by atoms with Crippen LogP contribution in [-0.4, -0.2) is 37.6 Å². The predicted octanol–water partition coefficient (Wildman–Crippen LogP) is 5.89. The van der Waals surface area contributed by atoms with Gasteiger partial charge in [0.25, 0.3) is 5.91 Å². The molecule has 0 spiro atoms. The lowest BCUT2D eigenvalue weighted by atomic mass is 9.90. The van der Waals surface area contributed by atoms with Gasteiger partial charge in [-0.2, -0.15) is 0 Å². The van der Waals surface area contributed by atoms with Crippen molar-refractivity contribution in [3.8, 4) is 17.2 Å². The highest BCUT2D eigenvalue weighted by molar-refractivity contribution is 6.24. The number of esters is 1. The highest BCUT2D eigenvalue weighted by atomic mass is 19.1. The number of halogens is 1. The van der Waals surface area contributed by atoms with E-state index in [4.69, 9.17) is 19.0 Å². The predicted molar refractivity (Wildman–Crippen MR) is 159 cm³/mol. The summed E-state index contributed by atoms with van der Waals surface area (Å²) >= 11 is 0. The van der Waals surface area contributed by atoms with Crippen LogP contribution in [0.2, 0.25) is 0 Å². The number of methoxy groups -OCH3 is 1. The third-order valence-corrected chi connectivity index (χ3v) is 7.51. The van der Waals surface area contributed by atoms with Crippen molar-refractivity contribution in [2.24, 2.45) is 5.92 Å². The highest BCUT2D eigenvalue weighted by Gasteiger charge is 2.60. The van der Waals surface area contributed by atoms with Crippen molar-refractivity contribution in [1.82, 2.24) is 0 Å². The number of amides is 2. The summed E-state index contributed by atoms with van der Waals surface area (Å²) in [6.07, 6.45) is -0.210. The van der Waals surface area contributed by atoms with Crippen LogP contribution in [0.4, 0.5) is 15.8 Å². The summed E-state index contributed by atoms with van der Waals surface area (Å²) in [5.74, 6) is -1.91. The van der Waals surface area contributed by atoms with Crippen molar-refractivity contribution < 1.29 is 37.8 Å². The Morgan fingerprint density at radius 2 is 1.59 bits per heavy atom. The average Bonchev–Trinajstić information content (AvgIpc) is 3.56. The maximum Gasteiger partial charge on any atom is 0.343 e. The highest BCUT2D eigenvalue weighted by Crippen LogP contribution is 2.48. The molecular formula is C34H29FN2O7. The molecule has 9 nitrogen and oxygen atoms in total. The van der Waals surface area contributed by atoms with Crippen molar-refractivity contribution in [1.29, 1.82) is 0 Å². The summed E-state index contributed by atoms with van der Waals surface area (Å²) < 4.78 is 30.1. The molecule has 3 atom stereocenters. The first-order valence-electron chi connectivity index (χ1n) is 14.2. The van der Waals surface area contributed by atoms with E-state index in [-0.39, 0.29) is 17.1 Å². The van der Waals surface area contributed by atoms with E-state index >= 15 is 0 Å². The Labute approximate surface area is 253 Å². The fourth-order valence-electron chi connectivity index (χ4n) is 5.42. The van der Waals surface area contributed by atoms with Gasteiger partial charge in [0.15, 0.2) is 17.6 Å². The fraction of sp³-hybridized carbons (Fsp3) is 0.206. The summed E-state index contributed by atoms with van der Waals surface area (Å²) in [6, 6.07) is 25.2. The SMILES string of the molecule is CCCOc1ccc(N2C(=O)[C@@H]3[C@@H](ON(c4ccccc4)[C@H]3c3ccc(OC(=O)c4ccc(F)cc4)c(OC)c3)C2=O)cc1. The zero-order valence-corrected chi connectivity index (χ0v) is 24.0. The second kappa shape index (κ2) is 12.2. The van der Waals surface area contributed by atoms with Gasteiger partial charge in [0.2, 0.25) is 5.91 Å². The van der Waals surface area contributed by atoms with Gasteiger partial charge in [0, 0.05) is 0 Å². The Morgan fingerprint density at radius 3 is 2.27 bits per heavy atom. The molecule has 0 bridgehead atoms. The molecule has 2 fully saturated rings. The number of hydrogen-bond donors (Lipinski definition) is 0. The molecular weight excluding hydrogens is 567 g/mol. The molecule has 44 heavy (non-hydrogen) atoms. The maximum atomic E-state index is 14.0. The van der Waals surface area contributed by atoms with Crippen LogP contribution in [0.15, 0.2) is 97.1 Å². The van der Waals surface area contributed by atoms with Crippen LogP contribution in [0.5, 0.6) is 17.2 Å². The van der Waals surface area contributed by atoms with Gasteiger partial charge in [-0.3, -0.25) is 14.4 Å². The van der Waals surface area contributed by atoms with Gasteiger partial charge in [-0.05, 0) is 84.8 Å². The van der Waals surface area contributed by atoms with E-state index in [0.717, 1.165) is 11.3 Å². The summed E-state index contributed by atoms with van der Waals surface area (Å²) in [4.78, 5) is 47.8. The monoisotopic (exact) mass is 596 g/mol. The molecule has 0 saturated carbocycles. The molecule has 0 radical (unpaired) electrons. The first kappa shape index (κ1) is 28.9. The maximum absolute atomic E-state index is 14.0. The molecule has 2 amide bonds. The standard InChI is InChI=1S/C34H29FN2O7/c1-3-19-42-26-16-14-24(15-17-26)36-32(38)29-30(37(44-31(29)33(36)39)25-7-5-4-6-8-25)22-11-18-27(28(20-22)41-2)43-34(40)21-9-12-23(35)13-10-21/h4-18,20,29-31H,3,19H2,1-2H3/t29-,30-,31+/m0/s1. The summed E-state index contributed by atoms with van der Waals surface area (Å²) in [6.45, 7) is 2.57. The summed E-state index contributed by atoms with van der Waals surface area (Å²) in [5.41, 5.74) is 1.85. The lowest BCUT2D eigenvalue weighted by Gasteiger charge is -2.29. The smallest absolute Gasteiger partial charge is 0.343 e. The van der Waals surface area contributed by atoms with E-state index in [0.29, 0.717) is 29.3 Å². The molecule has 0 N–H and O–H groups in total. The van der Waals surface area contributed by atoms with Gasteiger partial charge in [-0.1, -0.05) is 31.2 Å². The lowest BCUT2D eigenvalue weighted by molar-refractivity contribution is -0.126. The van der Waals surface area contributed by atoms with Crippen molar-refractivity contribution in [3.05, 3.63) is 114 Å². The number of carbonyl (C=O) groups is 3. The number of ether oxygens (including phenoxy) is 3. The number of fused-ring (bicyclic) bond motifs is 1. The van der Waals surface area contributed by atoms with E-state index in [9.17, 15) is 18.8 Å². The molecule has 224 valence electrons. The van der Waals surface area contributed by atoms with Gasteiger partial charge < -0.3 is 14.2 Å². The van der Waals surface area contributed by atoms with Crippen LogP contribution < -0.4 is 24.2 Å². The minimum atomic E-state index is -1.06. The number of para-hydroxylation sites is 1. The van der Waals surface area contributed by atoms with Crippen LogP contribution in [0.3, 0.4) is 0 Å². The average molecular weight is 597 g/mol. The van der Waals surface area contributed by atoms with Crippen molar-refractivity contribution >= 4 is 29.2 Å². The van der Waals surface area contributed by atoms with E-state index in [1.54, 1.807) is 47.5 Å². The normalized spacial score (nSPS) is 19.2. The molecule has 2 aliphatic rings. The number of benzene rings is 4. The number of rotatable bonds is 9. The van der Waals surface area contributed by atoms with E-state index in [1.165, 1.54) is 31.4 Å². The van der Waals surface area contributed by atoms with Gasteiger partial charge in [-0.25, -0.2) is 19.1 Å². The minimum Gasteiger partial charge on any atom is -0.494 e. The number of anilines is 2. The van der Waals surface area contributed by atoms with E-state index in [2.05, 4.69) is 0 Å². The molecule has 4 aromatic rings. The number of hydroxylamine groups is 1. The number of hydrogen-bond acceptors (Lipinski definition) is 8. The topological polar surface area (TPSA) is 94.6 Å². The van der Waals surface area contributed by atoms with Crippen LogP contribution in [-0.2, 0) is 14.4 Å².